The van der Waals surface area contributed by atoms with Crippen LogP contribution in [0.15, 0.2) is 24.5 Å². The summed E-state index contributed by atoms with van der Waals surface area (Å²) in [6, 6.07) is 4.78. The predicted molar refractivity (Wildman–Crippen MR) is 64.9 cm³/mol. The molecule has 0 aliphatic carbocycles. The molecule has 2 unspecified atom stereocenters. The van der Waals surface area contributed by atoms with E-state index in [1.807, 2.05) is 12.4 Å². The Morgan fingerprint density at radius 1 is 1.33 bits per heavy atom. The molecule has 2 heteroatoms. The van der Waals surface area contributed by atoms with Crippen LogP contribution in [0.3, 0.4) is 0 Å². The van der Waals surface area contributed by atoms with Crippen LogP contribution < -0.4 is 5.32 Å². The Kier molecular flexibility index (Phi) is 5.33. The van der Waals surface area contributed by atoms with Gasteiger partial charge in [-0.3, -0.25) is 4.98 Å². The molecule has 0 saturated heterocycles. The summed E-state index contributed by atoms with van der Waals surface area (Å²) < 4.78 is 0. The minimum absolute atomic E-state index is 0.576. The third kappa shape index (κ3) is 4.00. The number of aromatic nitrogens is 1. The van der Waals surface area contributed by atoms with Gasteiger partial charge in [0.1, 0.15) is 0 Å². The Balaban J connectivity index is 2.53. The summed E-state index contributed by atoms with van der Waals surface area (Å²) in [5.41, 5.74) is 1.37. The average molecular weight is 206 g/mol. The summed E-state index contributed by atoms with van der Waals surface area (Å²) in [6.07, 6.45) is 7.38. The minimum atomic E-state index is 0.576. The third-order valence-corrected chi connectivity index (χ3v) is 3.01. The van der Waals surface area contributed by atoms with E-state index >= 15 is 0 Å². The van der Waals surface area contributed by atoms with Crippen LogP contribution in [-0.4, -0.2) is 18.1 Å². The van der Waals surface area contributed by atoms with Gasteiger partial charge in [0.2, 0.25) is 0 Å². The molecular weight excluding hydrogens is 184 g/mol. The lowest BCUT2D eigenvalue weighted by atomic mass is 9.92. The van der Waals surface area contributed by atoms with Crippen LogP contribution >= 0.6 is 0 Å². The maximum absolute atomic E-state index is 4.04. The highest BCUT2D eigenvalue weighted by Gasteiger charge is 2.14. The lowest BCUT2D eigenvalue weighted by Crippen LogP contribution is -2.34. The third-order valence-electron chi connectivity index (χ3n) is 3.01. The number of likely N-dealkylation sites (N-methyl/N-ethyl adjacent to an activating group) is 1. The molecule has 0 spiro atoms. The van der Waals surface area contributed by atoms with E-state index in [0.717, 1.165) is 12.3 Å². The van der Waals surface area contributed by atoms with Gasteiger partial charge in [-0.05, 0) is 43.5 Å². The van der Waals surface area contributed by atoms with E-state index in [-0.39, 0.29) is 0 Å². The van der Waals surface area contributed by atoms with E-state index in [4.69, 9.17) is 0 Å². The molecule has 0 amide bonds. The van der Waals surface area contributed by atoms with Crippen molar-refractivity contribution in [2.45, 2.75) is 39.2 Å². The van der Waals surface area contributed by atoms with Crippen LogP contribution in [0, 0.1) is 5.92 Å². The van der Waals surface area contributed by atoms with Crippen molar-refractivity contribution in [3.63, 3.8) is 0 Å². The molecular formula is C13H22N2. The first-order chi connectivity index (χ1) is 7.27. The molecule has 0 radical (unpaired) electrons. The maximum atomic E-state index is 4.04. The molecule has 2 nitrogen and oxygen atoms in total. The van der Waals surface area contributed by atoms with Crippen molar-refractivity contribution in [2.24, 2.45) is 5.92 Å². The van der Waals surface area contributed by atoms with Gasteiger partial charge in [0, 0.05) is 18.4 Å². The smallest absolute Gasteiger partial charge is 0.0270 e. The second-order valence-corrected chi connectivity index (χ2v) is 4.22. The zero-order valence-corrected chi connectivity index (χ0v) is 10.0. The van der Waals surface area contributed by atoms with Crippen molar-refractivity contribution in [2.75, 3.05) is 7.05 Å². The van der Waals surface area contributed by atoms with Crippen LogP contribution in [0.25, 0.3) is 0 Å². The van der Waals surface area contributed by atoms with Crippen molar-refractivity contribution >= 4 is 0 Å². The van der Waals surface area contributed by atoms with Crippen LogP contribution in [0.5, 0.6) is 0 Å². The summed E-state index contributed by atoms with van der Waals surface area (Å²) in [7, 11) is 2.05. The van der Waals surface area contributed by atoms with Gasteiger partial charge in [-0.25, -0.2) is 0 Å². The number of nitrogens with one attached hydrogen (secondary N) is 1. The Labute approximate surface area is 93.1 Å². The number of hydrogen-bond acceptors (Lipinski definition) is 2. The van der Waals surface area contributed by atoms with Crippen molar-refractivity contribution in [3.05, 3.63) is 30.1 Å². The summed E-state index contributed by atoms with van der Waals surface area (Å²) in [6.45, 7) is 4.57. The van der Waals surface area contributed by atoms with Gasteiger partial charge in [0.25, 0.3) is 0 Å². The highest BCUT2D eigenvalue weighted by molar-refractivity contribution is 5.11. The largest absolute Gasteiger partial charge is 0.316 e. The fraction of sp³-hybridized carbons (Fsp3) is 0.615. The Morgan fingerprint density at radius 3 is 2.53 bits per heavy atom. The first kappa shape index (κ1) is 12.2. The molecule has 1 rings (SSSR count). The molecule has 0 fully saturated rings. The lowest BCUT2D eigenvalue weighted by molar-refractivity contribution is 0.371. The number of pyridine rings is 1. The van der Waals surface area contributed by atoms with Gasteiger partial charge in [0.15, 0.2) is 0 Å². The SMILES string of the molecule is CCCC(C)C(Cc1ccncc1)NC. The number of rotatable bonds is 6. The second-order valence-electron chi connectivity index (χ2n) is 4.22. The van der Waals surface area contributed by atoms with Crippen molar-refractivity contribution in [3.8, 4) is 0 Å². The maximum Gasteiger partial charge on any atom is 0.0270 e. The predicted octanol–water partition coefficient (Wildman–Crippen LogP) is 2.65. The molecule has 0 bridgehead atoms. The van der Waals surface area contributed by atoms with Gasteiger partial charge < -0.3 is 5.32 Å². The Morgan fingerprint density at radius 2 is 2.00 bits per heavy atom. The van der Waals surface area contributed by atoms with E-state index in [9.17, 15) is 0 Å². The molecule has 1 aromatic rings. The fourth-order valence-corrected chi connectivity index (χ4v) is 2.02. The van der Waals surface area contributed by atoms with Gasteiger partial charge in [-0.2, -0.15) is 0 Å². The molecule has 84 valence electrons. The van der Waals surface area contributed by atoms with Gasteiger partial charge in [-0.15, -0.1) is 0 Å². The van der Waals surface area contributed by atoms with Crippen LogP contribution in [0.4, 0.5) is 0 Å². The minimum Gasteiger partial charge on any atom is -0.316 e. The first-order valence-corrected chi connectivity index (χ1v) is 5.84. The molecule has 1 N–H and O–H groups in total. The van der Waals surface area contributed by atoms with Gasteiger partial charge >= 0.3 is 0 Å². The zero-order chi connectivity index (χ0) is 11.1. The summed E-state index contributed by atoms with van der Waals surface area (Å²) in [5, 5.41) is 3.41. The fourth-order valence-electron chi connectivity index (χ4n) is 2.02. The summed E-state index contributed by atoms with van der Waals surface area (Å²) >= 11 is 0. The lowest BCUT2D eigenvalue weighted by Gasteiger charge is -2.23. The van der Waals surface area contributed by atoms with Crippen molar-refractivity contribution in [1.82, 2.24) is 10.3 Å². The average Bonchev–Trinajstić information content (AvgIpc) is 2.27. The standard InChI is InChI=1S/C13H22N2/c1-4-5-11(2)13(14-3)10-12-6-8-15-9-7-12/h6-9,11,13-14H,4-5,10H2,1-3H3. The molecule has 1 heterocycles. The van der Waals surface area contributed by atoms with Crippen LogP contribution in [0.2, 0.25) is 0 Å². The topological polar surface area (TPSA) is 24.9 Å². The first-order valence-electron chi connectivity index (χ1n) is 5.84. The van der Waals surface area contributed by atoms with E-state index in [1.54, 1.807) is 0 Å². The van der Waals surface area contributed by atoms with E-state index in [2.05, 4.69) is 43.3 Å². The summed E-state index contributed by atoms with van der Waals surface area (Å²) in [5.74, 6) is 0.730. The molecule has 0 aliphatic heterocycles. The van der Waals surface area contributed by atoms with Crippen LogP contribution in [-0.2, 0) is 6.42 Å². The number of nitrogens with zero attached hydrogens (tertiary/aromatic N) is 1. The zero-order valence-electron chi connectivity index (χ0n) is 10.0. The molecule has 0 saturated carbocycles. The highest BCUT2D eigenvalue weighted by atomic mass is 14.9. The molecule has 0 aromatic carbocycles. The normalized spacial score (nSPS) is 14.9. The second kappa shape index (κ2) is 6.57. The summed E-state index contributed by atoms with van der Waals surface area (Å²) in [4.78, 5) is 4.04. The molecule has 1 aromatic heterocycles. The van der Waals surface area contributed by atoms with E-state index in [1.165, 1.54) is 18.4 Å². The molecule has 15 heavy (non-hydrogen) atoms. The number of hydrogen-bond donors (Lipinski definition) is 1. The quantitative estimate of drug-likeness (QED) is 0.774. The monoisotopic (exact) mass is 206 g/mol. The Bertz CT molecular complexity index is 258. The Hall–Kier alpha value is -0.890. The van der Waals surface area contributed by atoms with E-state index in [0.29, 0.717) is 6.04 Å². The van der Waals surface area contributed by atoms with E-state index < -0.39 is 0 Å². The van der Waals surface area contributed by atoms with Gasteiger partial charge in [0.05, 0.1) is 0 Å². The van der Waals surface area contributed by atoms with Gasteiger partial charge in [-0.1, -0.05) is 20.3 Å². The molecule has 2 atom stereocenters. The molecule has 0 aliphatic rings. The van der Waals surface area contributed by atoms with Crippen LogP contribution in [0.1, 0.15) is 32.3 Å². The highest BCUT2D eigenvalue weighted by Crippen LogP contribution is 2.14. The van der Waals surface area contributed by atoms with Crippen molar-refractivity contribution < 1.29 is 0 Å². The van der Waals surface area contributed by atoms with Crippen molar-refractivity contribution in [1.29, 1.82) is 0 Å².